The number of oxime groups is 1. The smallest absolute Gasteiger partial charge is 0.264 e. The van der Waals surface area contributed by atoms with Crippen LogP contribution in [0.25, 0.3) is 0 Å². The van der Waals surface area contributed by atoms with Crippen molar-refractivity contribution in [2.75, 3.05) is 20.8 Å². The number of methoxy groups -OCH3 is 2. The molecule has 2 aromatic rings. The molecule has 1 atom stereocenters. The molecular weight excluding hydrogens is 368 g/mol. The van der Waals surface area contributed by atoms with E-state index >= 15 is 0 Å². The molecule has 2 aromatic carbocycles. The van der Waals surface area contributed by atoms with Gasteiger partial charge in [0.2, 0.25) is 6.10 Å². The van der Waals surface area contributed by atoms with Crippen molar-refractivity contribution in [3.8, 4) is 11.5 Å². The van der Waals surface area contributed by atoms with Gasteiger partial charge in [0.15, 0.2) is 0 Å². The third-order valence-corrected chi connectivity index (χ3v) is 4.60. The average Bonchev–Trinajstić information content (AvgIpc) is 3.18. The number of carbonyl (C=O) groups is 1. The number of amides is 1. The number of nitrogens with zero attached hydrogens (tertiary/aromatic N) is 1. The molecule has 0 aliphatic carbocycles. The van der Waals surface area contributed by atoms with Crippen LogP contribution in [0.2, 0.25) is 5.02 Å². The highest BCUT2D eigenvalue weighted by molar-refractivity contribution is 6.32. The Morgan fingerprint density at radius 2 is 1.96 bits per heavy atom. The minimum absolute atomic E-state index is 0.191. The van der Waals surface area contributed by atoms with Crippen molar-refractivity contribution in [1.82, 2.24) is 5.32 Å². The van der Waals surface area contributed by atoms with Crippen LogP contribution >= 0.6 is 11.6 Å². The van der Waals surface area contributed by atoms with Crippen LogP contribution in [0.4, 0.5) is 0 Å². The summed E-state index contributed by atoms with van der Waals surface area (Å²) in [6, 6.07) is 13.4. The van der Waals surface area contributed by atoms with Crippen molar-refractivity contribution >= 4 is 23.2 Å². The predicted octanol–water partition coefficient (Wildman–Crippen LogP) is 3.21. The fraction of sp³-hybridized carbons (Fsp3) is 0.300. The number of benzene rings is 2. The molecule has 1 aliphatic rings. The number of hydrogen-bond donors (Lipinski definition) is 1. The molecule has 1 amide bonds. The molecule has 27 heavy (non-hydrogen) atoms. The molecule has 1 heterocycles. The van der Waals surface area contributed by atoms with Crippen LogP contribution in [-0.2, 0) is 16.1 Å². The van der Waals surface area contributed by atoms with Gasteiger partial charge < -0.3 is 19.6 Å². The molecule has 0 spiro atoms. The summed E-state index contributed by atoms with van der Waals surface area (Å²) in [7, 11) is 3.09. The Balaban J connectivity index is 1.59. The zero-order valence-electron chi connectivity index (χ0n) is 15.2. The normalized spacial score (nSPS) is 15.7. The van der Waals surface area contributed by atoms with Gasteiger partial charge in [-0.1, -0.05) is 47.1 Å². The largest absolute Gasteiger partial charge is 0.496 e. The second kappa shape index (κ2) is 8.77. The van der Waals surface area contributed by atoms with Gasteiger partial charge in [-0.25, -0.2) is 0 Å². The molecule has 7 heteroatoms. The van der Waals surface area contributed by atoms with Crippen molar-refractivity contribution in [2.24, 2.45) is 5.16 Å². The Labute approximate surface area is 163 Å². The summed E-state index contributed by atoms with van der Waals surface area (Å²) in [5.74, 6) is 0.874. The van der Waals surface area contributed by atoms with Gasteiger partial charge in [-0.05, 0) is 18.1 Å². The Morgan fingerprint density at radius 1 is 1.22 bits per heavy atom. The van der Waals surface area contributed by atoms with Crippen molar-refractivity contribution < 1.29 is 19.1 Å². The third-order valence-electron chi connectivity index (χ3n) is 4.30. The van der Waals surface area contributed by atoms with Crippen LogP contribution in [0.1, 0.15) is 17.5 Å². The third kappa shape index (κ3) is 4.52. The van der Waals surface area contributed by atoms with Crippen LogP contribution < -0.4 is 14.8 Å². The van der Waals surface area contributed by atoms with E-state index in [2.05, 4.69) is 10.5 Å². The summed E-state index contributed by atoms with van der Waals surface area (Å²) in [6.07, 6.45) is 0.437. The minimum atomic E-state index is -0.665. The van der Waals surface area contributed by atoms with E-state index in [4.69, 9.17) is 25.9 Å². The summed E-state index contributed by atoms with van der Waals surface area (Å²) in [5, 5.41) is 7.38. The van der Waals surface area contributed by atoms with E-state index in [-0.39, 0.29) is 5.91 Å². The van der Waals surface area contributed by atoms with Crippen LogP contribution in [0.5, 0.6) is 11.5 Å². The monoisotopic (exact) mass is 388 g/mol. The highest BCUT2D eigenvalue weighted by atomic mass is 35.5. The van der Waals surface area contributed by atoms with E-state index in [1.165, 1.54) is 12.7 Å². The fourth-order valence-electron chi connectivity index (χ4n) is 2.85. The maximum atomic E-state index is 12.3. The molecule has 1 aliphatic heterocycles. The molecule has 3 rings (SSSR count). The minimum Gasteiger partial charge on any atom is -0.496 e. The van der Waals surface area contributed by atoms with Crippen LogP contribution in [-0.4, -0.2) is 38.5 Å². The number of rotatable bonds is 7. The summed E-state index contributed by atoms with van der Waals surface area (Å²) >= 11 is 6.21. The Bertz CT molecular complexity index is 839. The first kappa shape index (κ1) is 19.0. The maximum absolute atomic E-state index is 12.3. The second-order valence-corrected chi connectivity index (χ2v) is 6.46. The highest BCUT2D eigenvalue weighted by Crippen LogP contribution is 2.34. The van der Waals surface area contributed by atoms with E-state index in [1.54, 1.807) is 19.2 Å². The topological polar surface area (TPSA) is 69.1 Å². The van der Waals surface area contributed by atoms with Crippen molar-refractivity contribution in [1.29, 1.82) is 0 Å². The van der Waals surface area contributed by atoms with Crippen molar-refractivity contribution in [3.63, 3.8) is 0 Å². The highest BCUT2D eigenvalue weighted by Gasteiger charge is 2.30. The lowest BCUT2D eigenvalue weighted by molar-refractivity contribution is -0.131. The number of ether oxygens (including phenoxy) is 2. The molecule has 0 saturated carbocycles. The summed E-state index contributed by atoms with van der Waals surface area (Å²) in [5.41, 5.74) is 2.46. The quantitative estimate of drug-likeness (QED) is 0.790. The lowest BCUT2D eigenvalue weighted by atomic mass is 10.0. The van der Waals surface area contributed by atoms with Crippen molar-refractivity contribution in [3.05, 3.63) is 58.6 Å². The van der Waals surface area contributed by atoms with Gasteiger partial charge in [0.25, 0.3) is 5.91 Å². The molecule has 0 radical (unpaired) electrons. The van der Waals surface area contributed by atoms with Gasteiger partial charge in [-0.3, -0.25) is 4.79 Å². The van der Waals surface area contributed by atoms with Crippen LogP contribution in [0, 0.1) is 0 Å². The molecule has 1 N–H and O–H groups in total. The fourth-order valence-corrected chi connectivity index (χ4v) is 3.09. The number of halogens is 1. The zero-order valence-corrected chi connectivity index (χ0v) is 16.0. The maximum Gasteiger partial charge on any atom is 0.264 e. The zero-order chi connectivity index (χ0) is 19.2. The summed E-state index contributed by atoms with van der Waals surface area (Å²) in [6.45, 7) is 0.537. The Morgan fingerprint density at radius 3 is 2.67 bits per heavy atom. The Kier molecular flexibility index (Phi) is 6.19. The van der Waals surface area contributed by atoms with E-state index in [1.807, 2.05) is 30.3 Å². The van der Waals surface area contributed by atoms with E-state index in [9.17, 15) is 4.79 Å². The van der Waals surface area contributed by atoms with Gasteiger partial charge in [0.1, 0.15) is 11.5 Å². The van der Waals surface area contributed by atoms with Gasteiger partial charge >= 0.3 is 0 Å². The SMILES string of the molecule is COc1cc(OC)c(C2=NO[C@H](C(=O)NCCc3ccccc3)C2)cc1Cl. The van der Waals surface area contributed by atoms with E-state index < -0.39 is 6.10 Å². The molecule has 0 aromatic heterocycles. The molecular formula is C20H21ClN2O4. The first-order valence-corrected chi connectivity index (χ1v) is 8.96. The van der Waals surface area contributed by atoms with Crippen LogP contribution in [0.3, 0.4) is 0 Å². The molecule has 0 saturated heterocycles. The number of nitrogens with one attached hydrogen (secondary N) is 1. The molecule has 6 nitrogen and oxygen atoms in total. The molecule has 0 bridgehead atoms. The lowest BCUT2D eigenvalue weighted by Crippen LogP contribution is -2.36. The second-order valence-electron chi connectivity index (χ2n) is 6.05. The molecule has 0 fully saturated rings. The van der Waals surface area contributed by atoms with Gasteiger partial charge in [0.05, 0.1) is 25.0 Å². The first-order chi connectivity index (χ1) is 13.1. The molecule has 142 valence electrons. The van der Waals surface area contributed by atoms with E-state index in [0.717, 1.165) is 6.42 Å². The van der Waals surface area contributed by atoms with Crippen molar-refractivity contribution in [2.45, 2.75) is 18.9 Å². The Hall–Kier alpha value is -2.73. The summed E-state index contributed by atoms with van der Waals surface area (Å²) < 4.78 is 10.6. The number of hydrogen-bond acceptors (Lipinski definition) is 5. The van der Waals surface area contributed by atoms with Gasteiger partial charge in [0, 0.05) is 24.6 Å². The van der Waals surface area contributed by atoms with Gasteiger partial charge in [-0.2, -0.15) is 0 Å². The summed E-state index contributed by atoms with van der Waals surface area (Å²) in [4.78, 5) is 17.7. The predicted molar refractivity (Wildman–Crippen MR) is 104 cm³/mol. The lowest BCUT2D eigenvalue weighted by Gasteiger charge is -2.12. The molecule has 0 unspecified atom stereocenters. The average molecular weight is 389 g/mol. The van der Waals surface area contributed by atoms with Gasteiger partial charge in [-0.15, -0.1) is 0 Å². The first-order valence-electron chi connectivity index (χ1n) is 8.58. The number of carbonyl (C=O) groups excluding carboxylic acids is 1. The standard InChI is InChI=1S/C20H21ClN2O4/c1-25-17-12-18(26-2)15(21)10-14(17)16-11-19(27-23-16)20(24)22-9-8-13-6-4-3-5-7-13/h3-7,10,12,19H,8-9,11H2,1-2H3,(H,22,24)/t19-/m0/s1. The van der Waals surface area contributed by atoms with E-state index in [0.29, 0.717) is 40.8 Å². The van der Waals surface area contributed by atoms with Crippen LogP contribution in [0.15, 0.2) is 47.6 Å².